The summed E-state index contributed by atoms with van der Waals surface area (Å²) in [5.74, 6) is -5.55. The van der Waals surface area contributed by atoms with Gasteiger partial charge in [-0.3, -0.25) is 0 Å². The molecule has 0 aliphatic heterocycles. The van der Waals surface area contributed by atoms with Crippen molar-refractivity contribution >= 4 is 34.9 Å². The number of carbonyl (C=O) groups excluding carboxylic acids is 3. The number of H-pyrrole nitrogens is 1. The van der Waals surface area contributed by atoms with E-state index >= 15 is 0 Å². The van der Waals surface area contributed by atoms with Gasteiger partial charge in [0.25, 0.3) is 0 Å². The number of nitrogens with zero attached hydrogens (tertiary/aromatic N) is 3. The summed E-state index contributed by atoms with van der Waals surface area (Å²) < 4.78 is 0. The fraction of sp³-hybridized carbons (Fsp3) is 0.273. The van der Waals surface area contributed by atoms with Crippen LogP contribution >= 0.6 is 0 Å². The molecule has 4 N–H and O–H groups in total. The van der Waals surface area contributed by atoms with Crippen LogP contribution in [0.4, 0.5) is 5.82 Å². The van der Waals surface area contributed by atoms with Gasteiger partial charge in [-0.1, -0.05) is 0 Å². The predicted molar refractivity (Wildman–Crippen MR) is 65.3 cm³/mol. The van der Waals surface area contributed by atoms with Crippen LogP contribution in [0.25, 0.3) is 11.2 Å². The summed E-state index contributed by atoms with van der Waals surface area (Å²) in [6, 6.07) is 0. The molecule has 0 aliphatic rings. The van der Waals surface area contributed by atoms with Crippen molar-refractivity contribution in [2.45, 2.75) is 18.4 Å². The number of imidazole rings is 1. The molecule has 0 bridgehead atoms. The Hall–Kier alpha value is -0.280. The number of aliphatic carboxylic acids is 3. The van der Waals surface area contributed by atoms with Gasteiger partial charge in [0.05, 0.1) is 12.3 Å². The number of nitrogens with one attached hydrogen (secondary N) is 1. The number of carboxylic acid groups (broad SMARTS) is 3. The van der Waals surface area contributed by atoms with Crippen LogP contribution < -0.4 is 110 Å². The summed E-state index contributed by atoms with van der Waals surface area (Å²) in [6.07, 6.45) is 0.209. The van der Waals surface area contributed by atoms with Gasteiger partial charge in [0, 0.05) is 24.8 Å². The largest absolute Gasteiger partial charge is 1.00 e. The molecule has 15 heteroatoms. The molecule has 0 atom stereocenters. The molecule has 124 valence electrons. The second-order valence-electron chi connectivity index (χ2n) is 4.28. The zero-order chi connectivity index (χ0) is 17.6. The summed E-state index contributed by atoms with van der Waals surface area (Å²) in [4.78, 5) is 44.4. The first-order valence-corrected chi connectivity index (χ1v) is 5.89. The van der Waals surface area contributed by atoms with E-state index in [9.17, 15) is 29.7 Å². The van der Waals surface area contributed by atoms with Crippen molar-refractivity contribution in [3.63, 3.8) is 0 Å². The van der Waals surface area contributed by atoms with E-state index in [1.54, 1.807) is 0 Å². The molecule has 0 amide bonds. The second kappa shape index (κ2) is 13.8. The molecular formula is C11H10N5Na3O7. The number of nitrogen functional groups attached to an aromatic ring is 1. The predicted octanol–water partition coefficient (Wildman–Crippen LogP) is -14.3. The third-order valence-electron chi connectivity index (χ3n) is 2.51. The SMILES string of the molecule is Nc1ncnc2nc[nH]c12.O=C([O-])CC(O)(CC(=O)[O-])C(=O)[O-].[Na+].[Na+].[Na+]. The van der Waals surface area contributed by atoms with Gasteiger partial charge in [0.15, 0.2) is 11.5 Å². The molecular weight excluding hydrogens is 383 g/mol. The summed E-state index contributed by atoms with van der Waals surface area (Å²) in [7, 11) is 0. The Morgan fingerprint density at radius 2 is 1.54 bits per heavy atom. The molecule has 2 heterocycles. The minimum absolute atomic E-state index is 0. The molecule has 0 fully saturated rings. The normalized spacial score (nSPS) is 9.42. The smallest absolute Gasteiger partial charge is 0.550 e. The summed E-state index contributed by atoms with van der Waals surface area (Å²) >= 11 is 0. The van der Waals surface area contributed by atoms with Crippen molar-refractivity contribution in [2.75, 3.05) is 5.73 Å². The molecule has 12 nitrogen and oxygen atoms in total. The molecule has 2 aromatic rings. The first kappa shape index (κ1) is 30.4. The number of carboxylic acids is 3. The van der Waals surface area contributed by atoms with Gasteiger partial charge in [0.2, 0.25) is 0 Å². The number of hydrogen-bond acceptors (Lipinski definition) is 11. The van der Waals surface area contributed by atoms with E-state index in [1.807, 2.05) is 0 Å². The van der Waals surface area contributed by atoms with Gasteiger partial charge >= 0.3 is 88.7 Å². The van der Waals surface area contributed by atoms with Gasteiger partial charge in [0.1, 0.15) is 17.4 Å². The molecule has 0 unspecified atom stereocenters. The monoisotopic (exact) mass is 393 g/mol. The third-order valence-corrected chi connectivity index (χ3v) is 2.51. The summed E-state index contributed by atoms with van der Waals surface area (Å²) in [5, 5.41) is 38.9. The molecule has 26 heavy (non-hydrogen) atoms. The number of rotatable bonds is 5. The number of nitrogens with two attached hydrogens (primary N) is 1. The van der Waals surface area contributed by atoms with Crippen molar-refractivity contribution < 1.29 is 123 Å². The van der Waals surface area contributed by atoms with E-state index in [2.05, 4.69) is 19.9 Å². The van der Waals surface area contributed by atoms with Gasteiger partial charge < -0.3 is 45.5 Å². The number of anilines is 1. The Balaban J connectivity index is -0.000000370. The van der Waals surface area contributed by atoms with Crippen LogP contribution in [0.2, 0.25) is 0 Å². The first-order valence-electron chi connectivity index (χ1n) is 5.89. The van der Waals surface area contributed by atoms with Gasteiger partial charge in [-0.05, 0) is 0 Å². The van der Waals surface area contributed by atoms with Crippen LogP contribution in [-0.2, 0) is 14.4 Å². The molecule has 0 aromatic carbocycles. The van der Waals surface area contributed by atoms with Crippen molar-refractivity contribution in [2.24, 2.45) is 0 Å². The third kappa shape index (κ3) is 9.60. The van der Waals surface area contributed by atoms with Crippen LogP contribution in [0, 0.1) is 0 Å². The quantitative estimate of drug-likeness (QED) is 0.404. The molecule has 0 aliphatic carbocycles. The van der Waals surface area contributed by atoms with E-state index in [0.29, 0.717) is 17.0 Å². The summed E-state index contributed by atoms with van der Waals surface area (Å²) in [5.41, 5.74) is 3.80. The van der Waals surface area contributed by atoms with Crippen LogP contribution in [0.15, 0.2) is 12.7 Å². The van der Waals surface area contributed by atoms with Crippen LogP contribution in [-0.4, -0.2) is 48.6 Å². The van der Waals surface area contributed by atoms with Crippen molar-refractivity contribution in [3.8, 4) is 0 Å². The van der Waals surface area contributed by atoms with E-state index < -0.39 is 36.4 Å². The number of hydrogen-bond donors (Lipinski definition) is 3. The average molecular weight is 393 g/mol. The molecule has 2 aromatic heterocycles. The Kier molecular flexibility index (Phi) is 16.2. The van der Waals surface area contributed by atoms with Crippen molar-refractivity contribution in [1.29, 1.82) is 0 Å². The second-order valence-corrected chi connectivity index (χ2v) is 4.28. The molecule has 0 saturated heterocycles. The fourth-order valence-corrected chi connectivity index (χ4v) is 1.47. The maximum Gasteiger partial charge on any atom is 1.00 e. The molecule has 0 spiro atoms. The standard InChI is InChI=1S/C6H8O7.C5H5N5.3Na/c7-3(8)1-6(13,5(11)12)2-4(9)10;6-4-3-5(9-1-7-3)10-2-8-4;;;/h13H,1-2H2,(H,7,8)(H,9,10)(H,11,12);1-2H,(H3,6,7,8,9,10);;;/q;;3*+1/p-3. The van der Waals surface area contributed by atoms with E-state index in [-0.39, 0.29) is 88.7 Å². The summed E-state index contributed by atoms with van der Waals surface area (Å²) in [6.45, 7) is 0. The van der Waals surface area contributed by atoms with Gasteiger partial charge in [-0.2, -0.15) is 0 Å². The Morgan fingerprint density at radius 1 is 1.04 bits per heavy atom. The van der Waals surface area contributed by atoms with E-state index in [1.165, 1.54) is 12.7 Å². The number of fused-ring (bicyclic) bond motifs is 1. The number of aromatic amines is 1. The zero-order valence-corrected chi connectivity index (χ0v) is 20.4. The average Bonchev–Trinajstić information content (AvgIpc) is 2.87. The van der Waals surface area contributed by atoms with Crippen LogP contribution in [0.1, 0.15) is 12.8 Å². The first-order chi connectivity index (χ1) is 10.7. The topological polar surface area (TPSA) is 221 Å². The van der Waals surface area contributed by atoms with Crippen LogP contribution in [0.3, 0.4) is 0 Å². The van der Waals surface area contributed by atoms with Gasteiger partial charge in [-0.25, -0.2) is 15.0 Å². The minimum Gasteiger partial charge on any atom is -0.550 e. The Bertz CT molecular complexity index is 726. The fourth-order valence-electron chi connectivity index (χ4n) is 1.47. The van der Waals surface area contributed by atoms with Crippen LogP contribution in [0.5, 0.6) is 0 Å². The molecule has 0 radical (unpaired) electrons. The van der Waals surface area contributed by atoms with Gasteiger partial charge in [-0.15, -0.1) is 0 Å². The number of aliphatic hydroxyl groups is 1. The van der Waals surface area contributed by atoms with Crippen molar-refractivity contribution in [1.82, 2.24) is 19.9 Å². The maximum atomic E-state index is 10.1. The maximum absolute atomic E-state index is 10.1. The van der Waals surface area contributed by atoms with E-state index in [4.69, 9.17) is 10.8 Å². The molecule has 0 saturated carbocycles. The number of carbonyl (C=O) groups is 3. The Labute approximate surface area is 212 Å². The number of aromatic nitrogens is 4. The zero-order valence-electron chi connectivity index (χ0n) is 14.4. The Morgan fingerprint density at radius 3 is 1.92 bits per heavy atom. The molecule has 2 rings (SSSR count). The minimum atomic E-state index is -2.97. The van der Waals surface area contributed by atoms with Crippen molar-refractivity contribution in [3.05, 3.63) is 12.7 Å². The van der Waals surface area contributed by atoms with E-state index in [0.717, 1.165) is 0 Å².